The highest BCUT2D eigenvalue weighted by Gasteiger charge is 2.39. The van der Waals surface area contributed by atoms with Crippen LogP contribution in [0.15, 0.2) is 24.3 Å². The molecule has 2 heterocycles. The van der Waals surface area contributed by atoms with Crippen molar-refractivity contribution in [2.75, 3.05) is 26.7 Å². The molecule has 2 fully saturated rings. The molecule has 35 heavy (non-hydrogen) atoms. The van der Waals surface area contributed by atoms with Crippen molar-refractivity contribution in [3.8, 4) is 17.2 Å². The molecule has 5 nitrogen and oxygen atoms in total. The number of aryl methyl sites for hydroxylation is 1. The van der Waals surface area contributed by atoms with Crippen LogP contribution >= 0.6 is 29.4 Å². The minimum Gasteiger partial charge on any atom is -0.504 e. The number of ether oxygens (including phenoxy) is 1. The highest BCUT2D eigenvalue weighted by atomic mass is 79.9. The Morgan fingerprint density at radius 3 is 2.43 bits per heavy atom. The average Bonchev–Trinajstić information content (AvgIpc) is 3.48. The number of methoxy groups -OCH3 is 1. The molecule has 0 saturated carbocycles. The summed E-state index contributed by atoms with van der Waals surface area (Å²) in [5, 5.41) is 23.1. The first-order chi connectivity index (χ1) is 16.0. The number of hydrogen-bond donors (Lipinski definition) is 3. The van der Waals surface area contributed by atoms with Crippen LogP contribution in [0.1, 0.15) is 72.3 Å². The molecule has 0 amide bonds. The smallest absolute Gasteiger partial charge is 0.160 e. The maximum Gasteiger partial charge on any atom is 0.160 e. The number of rotatable bonds is 2. The largest absolute Gasteiger partial charge is 0.504 e. The number of phenols is 2. The van der Waals surface area contributed by atoms with Crippen LogP contribution in [0.5, 0.6) is 17.2 Å². The van der Waals surface area contributed by atoms with Crippen LogP contribution in [0.4, 0.5) is 0 Å². The molecule has 2 aromatic carbocycles. The molecule has 0 unspecified atom stereocenters. The van der Waals surface area contributed by atoms with Crippen LogP contribution in [0.25, 0.3) is 0 Å². The molecule has 2 saturated heterocycles. The minimum atomic E-state index is 0. The number of benzene rings is 2. The normalized spacial score (nSPS) is 26.0. The number of likely N-dealkylation sites (tertiary alicyclic amines) is 1. The summed E-state index contributed by atoms with van der Waals surface area (Å²) in [6, 6.07) is 9.50. The summed E-state index contributed by atoms with van der Waals surface area (Å²) in [4.78, 5) is 2.54. The number of phenolic OH excluding ortho intramolecular Hbond substituents is 2. The van der Waals surface area contributed by atoms with Gasteiger partial charge in [-0.1, -0.05) is 25.1 Å². The molecule has 2 aliphatic carbocycles. The van der Waals surface area contributed by atoms with Gasteiger partial charge in [-0.25, -0.2) is 0 Å². The molecule has 194 valence electrons. The maximum atomic E-state index is 9.92. The SMILES string of the molecule is Br.CCN1CC[C@@H]2c3ccc(O)c(O)c3CC[C@@H]21.COc1c(C)ccc2c1CC[C@@H]1NCC[C@H]21.Cl. The molecule has 6 rings (SSSR count). The van der Waals surface area contributed by atoms with Gasteiger partial charge in [-0.05, 0) is 93.4 Å². The van der Waals surface area contributed by atoms with E-state index in [0.717, 1.165) is 49.6 Å². The maximum absolute atomic E-state index is 9.92. The Balaban J connectivity index is 0.000000185. The summed E-state index contributed by atoms with van der Waals surface area (Å²) in [5.74, 6) is 2.52. The van der Waals surface area contributed by atoms with Crippen molar-refractivity contribution < 1.29 is 14.9 Å². The Hall–Kier alpha value is -1.47. The summed E-state index contributed by atoms with van der Waals surface area (Å²) < 4.78 is 5.57. The van der Waals surface area contributed by atoms with Gasteiger partial charge in [0.1, 0.15) is 5.75 Å². The lowest BCUT2D eigenvalue weighted by Crippen LogP contribution is -2.34. The van der Waals surface area contributed by atoms with E-state index in [-0.39, 0.29) is 40.9 Å². The van der Waals surface area contributed by atoms with Crippen molar-refractivity contribution in [2.24, 2.45) is 0 Å². The Morgan fingerprint density at radius 2 is 1.69 bits per heavy atom. The third-order valence-corrected chi connectivity index (χ3v) is 8.60. The zero-order valence-electron chi connectivity index (χ0n) is 21.0. The fraction of sp³-hybridized carbons (Fsp3) is 0.571. The van der Waals surface area contributed by atoms with Gasteiger partial charge in [0, 0.05) is 29.5 Å². The summed E-state index contributed by atoms with van der Waals surface area (Å²) in [6.45, 7) is 7.79. The molecule has 0 radical (unpaired) electrons. The molecule has 4 atom stereocenters. The van der Waals surface area contributed by atoms with Gasteiger partial charge in [-0.15, -0.1) is 29.4 Å². The Morgan fingerprint density at radius 1 is 0.971 bits per heavy atom. The molecule has 0 aromatic heterocycles. The highest BCUT2D eigenvalue weighted by molar-refractivity contribution is 8.93. The lowest BCUT2D eigenvalue weighted by Gasteiger charge is -2.33. The molecule has 2 aliphatic heterocycles. The Labute approximate surface area is 226 Å². The second kappa shape index (κ2) is 11.7. The van der Waals surface area contributed by atoms with E-state index in [1.165, 1.54) is 48.1 Å². The first-order valence-electron chi connectivity index (χ1n) is 12.7. The van der Waals surface area contributed by atoms with Gasteiger partial charge in [0.05, 0.1) is 7.11 Å². The fourth-order valence-electron chi connectivity index (χ4n) is 6.99. The molecule has 3 N–H and O–H groups in total. The van der Waals surface area contributed by atoms with Crippen LogP contribution in [0.3, 0.4) is 0 Å². The average molecular weight is 568 g/mol. The number of likely N-dealkylation sites (N-methyl/N-ethyl adjacent to an activating group) is 1. The van der Waals surface area contributed by atoms with Crippen LogP contribution in [0.2, 0.25) is 0 Å². The predicted octanol–water partition coefficient (Wildman–Crippen LogP) is 5.62. The predicted molar refractivity (Wildman–Crippen MR) is 149 cm³/mol. The van der Waals surface area contributed by atoms with Crippen molar-refractivity contribution in [3.05, 3.63) is 52.1 Å². The molecular formula is C28H40BrClN2O3. The van der Waals surface area contributed by atoms with E-state index in [1.807, 2.05) is 6.07 Å². The second-order valence-electron chi connectivity index (χ2n) is 10.1. The molecule has 0 spiro atoms. The molecule has 2 aromatic rings. The zero-order chi connectivity index (χ0) is 23.1. The zero-order valence-corrected chi connectivity index (χ0v) is 23.6. The number of nitrogens with zero attached hydrogens (tertiary/aromatic N) is 1. The number of hydrogen-bond acceptors (Lipinski definition) is 5. The van der Waals surface area contributed by atoms with E-state index in [4.69, 9.17) is 4.74 Å². The summed E-state index contributed by atoms with van der Waals surface area (Å²) in [7, 11) is 1.79. The van der Waals surface area contributed by atoms with E-state index < -0.39 is 0 Å². The molecule has 0 bridgehead atoms. The van der Waals surface area contributed by atoms with E-state index >= 15 is 0 Å². The molecule has 4 aliphatic rings. The number of halogens is 2. The van der Waals surface area contributed by atoms with E-state index in [1.54, 1.807) is 13.2 Å². The van der Waals surface area contributed by atoms with Crippen molar-refractivity contribution in [3.63, 3.8) is 0 Å². The standard InChI is InChI=1S/C14H19NO2.C14H19NO.BrH.ClH/c1-2-15-8-7-10-9-4-6-13(16)14(17)11(9)3-5-12(10)15;1-9-3-4-10-11-7-8-15-13(11)6-5-12(10)14(9)16-2;;/h4,6,10,12,16-17H,2-3,5,7-8H2,1H3;3-4,11,13,15H,5-8H2,1-2H3;2*1H/t10-,12+;11-,13+;;/m11../s1. The quantitative estimate of drug-likeness (QED) is 0.411. The van der Waals surface area contributed by atoms with Crippen molar-refractivity contribution in [1.82, 2.24) is 10.2 Å². The number of fused-ring (bicyclic) bond motifs is 6. The second-order valence-corrected chi connectivity index (χ2v) is 10.1. The van der Waals surface area contributed by atoms with Crippen molar-refractivity contribution in [1.29, 1.82) is 0 Å². The van der Waals surface area contributed by atoms with Gasteiger partial charge in [0.2, 0.25) is 0 Å². The fourth-order valence-corrected chi connectivity index (χ4v) is 6.99. The topological polar surface area (TPSA) is 65.0 Å². The van der Waals surface area contributed by atoms with Crippen LogP contribution in [-0.4, -0.2) is 53.9 Å². The third kappa shape index (κ3) is 5.04. The van der Waals surface area contributed by atoms with E-state index in [9.17, 15) is 10.2 Å². The van der Waals surface area contributed by atoms with Crippen molar-refractivity contribution in [2.45, 2.75) is 76.3 Å². The molecule has 7 heteroatoms. The first-order valence-corrected chi connectivity index (χ1v) is 12.7. The first kappa shape index (κ1) is 28.1. The van der Waals surface area contributed by atoms with Gasteiger partial charge < -0.3 is 25.2 Å². The monoisotopic (exact) mass is 566 g/mol. The van der Waals surface area contributed by atoms with Gasteiger partial charge in [-0.2, -0.15) is 0 Å². The van der Waals surface area contributed by atoms with Gasteiger partial charge in [-0.3, -0.25) is 0 Å². The highest BCUT2D eigenvalue weighted by Crippen LogP contribution is 2.46. The van der Waals surface area contributed by atoms with Crippen LogP contribution < -0.4 is 10.1 Å². The van der Waals surface area contributed by atoms with Gasteiger partial charge in [0.25, 0.3) is 0 Å². The Bertz CT molecular complexity index is 1030. The number of aromatic hydroxyl groups is 2. The molecular weight excluding hydrogens is 528 g/mol. The lowest BCUT2D eigenvalue weighted by molar-refractivity contribution is 0.237. The number of nitrogens with one attached hydrogen (secondary N) is 1. The van der Waals surface area contributed by atoms with E-state index in [2.05, 4.69) is 36.2 Å². The van der Waals surface area contributed by atoms with Gasteiger partial charge in [0.15, 0.2) is 11.5 Å². The van der Waals surface area contributed by atoms with Crippen molar-refractivity contribution >= 4 is 29.4 Å². The Kier molecular flexibility index (Phi) is 9.41. The minimum absolute atomic E-state index is 0. The van der Waals surface area contributed by atoms with E-state index in [0.29, 0.717) is 18.0 Å². The van der Waals surface area contributed by atoms with Gasteiger partial charge >= 0.3 is 0 Å². The lowest BCUT2D eigenvalue weighted by atomic mass is 9.79. The van der Waals surface area contributed by atoms with Crippen LogP contribution in [0, 0.1) is 6.92 Å². The summed E-state index contributed by atoms with van der Waals surface area (Å²) >= 11 is 0. The summed E-state index contributed by atoms with van der Waals surface area (Å²) in [5.41, 5.74) is 6.50. The summed E-state index contributed by atoms with van der Waals surface area (Å²) in [6.07, 6.45) is 6.86. The third-order valence-electron chi connectivity index (χ3n) is 8.60. The van der Waals surface area contributed by atoms with Crippen LogP contribution in [-0.2, 0) is 12.8 Å².